The second-order valence-electron chi connectivity index (χ2n) is 3.14. The van der Waals surface area contributed by atoms with Gasteiger partial charge in [0.25, 0.3) is 0 Å². The summed E-state index contributed by atoms with van der Waals surface area (Å²) in [6.07, 6.45) is 1.58. The van der Waals surface area contributed by atoms with Gasteiger partial charge in [-0.15, -0.1) is 0 Å². The summed E-state index contributed by atoms with van der Waals surface area (Å²) >= 11 is 0. The largest absolute Gasteiger partial charge is 1.00 e. The Bertz CT molecular complexity index is 521. The van der Waals surface area contributed by atoms with Crippen LogP contribution in [0.3, 0.4) is 0 Å². The molecule has 0 amide bonds. The van der Waals surface area contributed by atoms with Crippen molar-refractivity contribution < 1.29 is 61.3 Å². The average molecular weight is 229 g/mol. The van der Waals surface area contributed by atoms with Crippen molar-refractivity contribution in [1.82, 2.24) is 14.6 Å². The van der Waals surface area contributed by atoms with Crippen molar-refractivity contribution in [3.63, 3.8) is 0 Å². The molecule has 0 unspecified atom stereocenters. The third kappa shape index (κ3) is 2.29. The van der Waals surface area contributed by atoms with Gasteiger partial charge in [-0.1, -0.05) is 0 Å². The van der Waals surface area contributed by atoms with Crippen LogP contribution in [0.15, 0.2) is 12.3 Å². The van der Waals surface area contributed by atoms with Gasteiger partial charge in [0.05, 0.1) is 17.9 Å². The van der Waals surface area contributed by atoms with Gasteiger partial charge in [0, 0.05) is 0 Å². The van der Waals surface area contributed by atoms with Crippen molar-refractivity contribution in [3.8, 4) is 0 Å². The molecule has 0 aliphatic carbocycles. The SMILES string of the molecule is Cc1cnn2c(C(=O)[O-])c(C)nc2c1.[K+]. The Morgan fingerprint density at radius 3 is 2.73 bits per heavy atom. The molecule has 0 spiro atoms. The molecule has 5 nitrogen and oxygen atoms in total. The average Bonchev–Trinajstić information content (AvgIpc) is 2.39. The Morgan fingerprint density at radius 1 is 1.47 bits per heavy atom. The molecule has 0 aliphatic rings. The number of carbonyl (C=O) groups excluding carboxylic acids is 1. The Morgan fingerprint density at radius 2 is 2.13 bits per heavy atom. The summed E-state index contributed by atoms with van der Waals surface area (Å²) in [5.41, 5.74) is 1.90. The van der Waals surface area contributed by atoms with Crippen LogP contribution in [-0.2, 0) is 0 Å². The van der Waals surface area contributed by atoms with E-state index >= 15 is 0 Å². The first-order chi connectivity index (χ1) is 6.59. The van der Waals surface area contributed by atoms with Gasteiger partial charge in [0.15, 0.2) is 5.65 Å². The normalized spacial score (nSPS) is 10.0. The molecule has 15 heavy (non-hydrogen) atoms. The number of carbonyl (C=O) groups is 1. The second kappa shape index (κ2) is 4.71. The molecule has 0 radical (unpaired) electrons. The minimum absolute atomic E-state index is 0. The number of carboxylic acids is 1. The van der Waals surface area contributed by atoms with Crippen molar-refractivity contribution in [3.05, 3.63) is 29.2 Å². The number of rotatable bonds is 1. The summed E-state index contributed by atoms with van der Waals surface area (Å²) in [4.78, 5) is 14.8. The second-order valence-corrected chi connectivity index (χ2v) is 3.14. The van der Waals surface area contributed by atoms with E-state index in [4.69, 9.17) is 0 Å². The molecule has 2 aromatic rings. The summed E-state index contributed by atoms with van der Waals surface area (Å²) in [5.74, 6) is -1.26. The number of carboxylic acid groups (broad SMARTS) is 1. The van der Waals surface area contributed by atoms with Crippen molar-refractivity contribution in [1.29, 1.82) is 0 Å². The predicted octanol–water partition coefficient (Wildman–Crippen LogP) is -3.29. The summed E-state index contributed by atoms with van der Waals surface area (Å²) in [5, 5.41) is 14.7. The number of fused-ring (bicyclic) bond motifs is 1. The Labute approximate surface area is 129 Å². The quantitative estimate of drug-likeness (QED) is 0.481. The number of hydrogen-bond acceptors (Lipinski definition) is 4. The van der Waals surface area contributed by atoms with E-state index in [1.54, 1.807) is 19.2 Å². The van der Waals surface area contributed by atoms with Gasteiger partial charge < -0.3 is 9.90 Å². The number of aryl methyl sites for hydroxylation is 2. The molecule has 2 heterocycles. The summed E-state index contributed by atoms with van der Waals surface area (Å²) in [7, 11) is 0. The van der Waals surface area contributed by atoms with Crippen LogP contribution < -0.4 is 56.5 Å². The van der Waals surface area contributed by atoms with Crippen LogP contribution in [0.1, 0.15) is 21.7 Å². The molecule has 2 aromatic heterocycles. The van der Waals surface area contributed by atoms with Gasteiger partial charge in [0.2, 0.25) is 0 Å². The first kappa shape index (κ1) is 12.8. The molecule has 0 bridgehead atoms. The van der Waals surface area contributed by atoms with Gasteiger partial charge >= 0.3 is 51.4 Å². The van der Waals surface area contributed by atoms with Crippen molar-refractivity contribution in [2.75, 3.05) is 0 Å². The van der Waals surface area contributed by atoms with Gasteiger partial charge in [-0.25, -0.2) is 9.50 Å². The van der Waals surface area contributed by atoms with Crippen molar-refractivity contribution in [2.45, 2.75) is 13.8 Å². The number of aromatic carboxylic acids is 1. The first-order valence-corrected chi connectivity index (χ1v) is 4.13. The molecular weight excluding hydrogens is 221 g/mol. The van der Waals surface area contributed by atoms with Crippen LogP contribution in [0.5, 0.6) is 0 Å². The number of imidazole rings is 1. The van der Waals surface area contributed by atoms with Crippen LogP contribution in [0.25, 0.3) is 5.65 Å². The van der Waals surface area contributed by atoms with E-state index in [2.05, 4.69) is 10.1 Å². The van der Waals surface area contributed by atoms with E-state index in [0.29, 0.717) is 11.3 Å². The Hall–Kier alpha value is -0.274. The molecule has 0 atom stereocenters. The maximum absolute atomic E-state index is 10.8. The van der Waals surface area contributed by atoms with E-state index in [1.807, 2.05) is 6.92 Å². The number of nitrogens with zero attached hydrogens (tertiary/aromatic N) is 3. The molecule has 2 rings (SSSR count). The van der Waals surface area contributed by atoms with E-state index in [9.17, 15) is 9.90 Å². The minimum Gasteiger partial charge on any atom is -0.543 e. The number of hydrogen-bond donors (Lipinski definition) is 0. The minimum atomic E-state index is -1.26. The van der Waals surface area contributed by atoms with Crippen LogP contribution in [0.2, 0.25) is 0 Å². The van der Waals surface area contributed by atoms with Crippen LogP contribution in [-0.4, -0.2) is 20.6 Å². The maximum Gasteiger partial charge on any atom is 1.00 e. The molecule has 0 N–H and O–H groups in total. The first-order valence-electron chi connectivity index (χ1n) is 4.13. The topological polar surface area (TPSA) is 70.3 Å². The van der Waals surface area contributed by atoms with Gasteiger partial charge in [-0.05, 0) is 25.5 Å². The standard InChI is InChI=1S/C9H9N3O2.K/c1-5-3-7-11-6(2)8(9(13)14)12(7)10-4-5;/h3-4H,1-2H3,(H,13,14);/q;+1/p-1. The molecule has 72 valence electrons. The van der Waals surface area contributed by atoms with Crippen LogP contribution >= 0.6 is 0 Å². The van der Waals surface area contributed by atoms with Gasteiger partial charge in [-0.3, -0.25) is 0 Å². The van der Waals surface area contributed by atoms with Gasteiger partial charge in [-0.2, -0.15) is 5.10 Å². The molecule has 0 fully saturated rings. The molecule has 0 aromatic carbocycles. The predicted molar refractivity (Wildman–Crippen MR) is 46.8 cm³/mol. The fourth-order valence-corrected chi connectivity index (χ4v) is 1.37. The zero-order valence-corrected chi connectivity index (χ0v) is 11.9. The Balaban J connectivity index is 0.00000112. The van der Waals surface area contributed by atoms with Crippen LogP contribution in [0.4, 0.5) is 0 Å². The fraction of sp³-hybridized carbons (Fsp3) is 0.222. The maximum atomic E-state index is 10.8. The van der Waals surface area contributed by atoms with Crippen molar-refractivity contribution in [2.24, 2.45) is 0 Å². The smallest absolute Gasteiger partial charge is 0.543 e. The zero-order valence-electron chi connectivity index (χ0n) is 8.81. The number of aromatic nitrogens is 3. The third-order valence-corrected chi connectivity index (χ3v) is 1.98. The van der Waals surface area contributed by atoms with Gasteiger partial charge in [0.1, 0.15) is 5.69 Å². The summed E-state index contributed by atoms with van der Waals surface area (Å²) in [6, 6.07) is 1.77. The monoisotopic (exact) mass is 229 g/mol. The fourth-order valence-electron chi connectivity index (χ4n) is 1.37. The summed E-state index contributed by atoms with van der Waals surface area (Å²) < 4.78 is 1.28. The molecule has 0 aliphatic heterocycles. The van der Waals surface area contributed by atoms with Crippen molar-refractivity contribution >= 4 is 11.6 Å². The molecule has 0 saturated heterocycles. The van der Waals surface area contributed by atoms with E-state index < -0.39 is 5.97 Å². The van der Waals surface area contributed by atoms with E-state index in [0.717, 1.165) is 5.56 Å². The summed E-state index contributed by atoms with van der Waals surface area (Å²) in [6.45, 7) is 3.49. The molecule has 6 heteroatoms. The van der Waals surface area contributed by atoms with E-state index in [1.165, 1.54) is 4.52 Å². The third-order valence-electron chi connectivity index (χ3n) is 1.98. The van der Waals surface area contributed by atoms with Crippen LogP contribution in [0, 0.1) is 13.8 Å². The zero-order chi connectivity index (χ0) is 10.3. The van der Waals surface area contributed by atoms with E-state index in [-0.39, 0.29) is 57.1 Å². The molecule has 0 saturated carbocycles. The Kier molecular flexibility index (Phi) is 4.02. The molecular formula is C9H8KN3O2.